The van der Waals surface area contributed by atoms with Gasteiger partial charge in [0.2, 0.25) is 0 Å². The molecule has 0 aliphatic rings. The van der Waals surface area contributed by atoms with E-state index in [0.717, 1.165) is 25.9 Å². The van der Waals surface area contributed by atoms with Crippen molar-refractivity contribution < 1.29 is 9.90 Å². The van der Waals surface area contributed by atoms with Gasteiger partial charge >= 0.3 is 5.97 Å². The summed E-state index contributed by atoms with van der Waals surface area (Å²) in [4.78, 5) is 13.3. The van der Waals surface area contributed by atoms with Crippen LogP contribution < -0.4 is 5.32 Å². The summed E-state index contributed by atoms with van der Waals surface area (Å²) in [6.45, 7) is 8.01. The summed E-state index contributed by atoms with van der Waals surface area (Å²) < 4.78 is 0. The summed E-state index contributed by atoms with van der Waals surface area (Å²) in [5.41, 5.74) is 0. The van der Waals surface area contributed by atoms with Crippen LogP contribution in [0.5, 0.6) is 0 Å². The molecule has 0 aliphatic heterocycles. The Morgan fingerprint density at radius 2 is 1.94 bits per heavy atom. The van der Waals surface area contributed by atoms with E-state index in [0.29, 0.717) is 12.5 Å². The highest BCUT2D eigenvalue weighted by atomic mass is 16.4. The molecular weight excluding hydrogens is 216 g/mol. The summed E-state index contributed by atoms with van der Waals surface area (Å²) in [6.07, 6.45) is 3.96. The van der Waals surface area contributed by atoms with Crippen LogP contribution in [0.15, 0.2) is 0 Å². The van der Waals surface area contributed by atoms with Crippen LogP contribution in [0.2, 0.25) is 0 Å². The molecule has 102 valence electrons. The number of carboxylic acid groups (broad SMARTS) is 1. The minimum atomic E-state index is -0.741. The summed E-state index contributed by atoms with van der Waals surface area (Å²) in [7, 11) is 2.07. The van der Waals surface area contributed by atoms with Gasteiger partial charge in [-0.1, -0.05) is 20.3 Å². The Balaban J connectivity index is 3.98. The Morgan fingerprint density at radius 1 is 1.29 bits per heavy atom. The summed E-state index contributed by atoms with van der Waals surface area (Å²) in [6, 6.07) is 0.117. The Bertz CT molecular complexity index is 210. The zero-order chi connectivity index (χ0) is 13.3. The molecule has 0 aliphatic carbocycles. The lowest BCUT2D eigenvalue weighted by Crippen LogP contribution is -2.41. The first kappa shape index (κ1) is 16.4. The summed E-state index contributed by atoms with van der Waals surface area (Å²) >= 11 is 0. The predicted molar refractivity (Wildman–Crippen MR) is 71.3 cm³/mol. The zero-order valence-corrected chi connectivity index (χ0v) is 11.7. The van der Waals surface area contributed by atoms with Gasteiger partial charge in [0.1, 0.15) is 6.04 Å². The highest BCUT2D eigenvalue weighted by molar-refractivity contribution is 5.73. The highest BCUT2D eigenvalue weighted by Gasteiger charge is 2.17. The van der Waals surface area contributed by atoms with Crippen LogP contribution in [0.25, 0.3) is 0 Å². The lowest BCUT2D eigenvalue weighted by Gasteiger charge is -2.25. The topological polar surface area (TPSA) is 52.6 Å². The van der Waals surface area contributed by atoms with Crippen LogP contribution in [-0.4, -0.2) is 48.2 Å². The first-order valence-electron chi connectivity index (χ1n) is 6.69. The van der Waals surface area contributed by atoms with Crippen LogP contribution in [0, 0.1) is 0 Å². The molecule has 2 atom stereocenters. The minimum absolute atomic E-state index is 0.411. The smallest absolute Gasteiger partial charge is 0.320 e. The largest absolute Gasteiger partial charge is 0.480 e. The van der Waals surface area contributed by atoms with Crippen LogP contribution in [0.1, 0.15) is 46.5 Å². The number of carbonyl (C=O) groups is 1. The van der Waals surface area contributed by atoms with Gasteiger partial charge in [-0.3, -0.25) is 4.79 Å². The second-order valence-electron chi connectivity index (χ2n) is 4.75. The van der Waals surface area contributed by atoms with Gasteiger partial charge in [0.05, 0.1) is 0 Å². The number of nitrogens with one attached hydrogen (secondary N) is 1. The van der Waals surface area contributed by atoms with Gasteiger partial charge in [-0.05, 0) is 39.8 Å². The molecule has 0 rings (SSSR count). The third kappa shape index (κ3) is 7.34. The van der Waals surface area contributed by atoms with E-state index in [4.69, 9.17) is 5.11 Å². The van der Waals surface area contributed by atoms with E-state index < -0.39 is 12.0 Å². The molecule has 0 fully saturated rings. The highest BCUT2D eigenvalue weighted by Crippen LogP contribution is 2.05. The maximum absolute atomic E-state index is 11.0. The Morgan fingerprint density at radius 3 is 2.41 bits per heavy atom. The van der Waals surface area contributed by atoms with E-state index in [2.05, 4.69) is 31.1 Å². The maximum atomic E-state index is 11.0. The molecule has 0 aromatic rings. The van der Waals surface area contributed by atoms with E-state index >= 15 is 0 Å². The summed E-state index contributed by atoms with van der Waals surface area (Å²) in [5, 5.41) is 12.1. The number of hydrogen-bond donors (Lipinski definition) is 2. The molecule has 4 nitrogen and oxygen atoms in total. The normalized spacial score (nSPS) is 14.9. The molecule has 2 N–H and O–H groups in total. The monoisotopic (exact) mass is 244 g/mol. The SMILES string of the molecule is CCCNC(CCN(C)C(C)CCC)C(=O)O. The van der Waals surface area contributed by atoms with Gasteiger partial charge < -0.3 is 15.3 Å². The second-order valence-corrected chi connectivity index (χ2v) is 4.75. The fourth-order valence-corrected chi connectivity index (χ4v) is 1.82. The van der Waals surface area contributed by atoms with Crippen molar-refractivity contribution >= 4 is 5.97 Å². The van der Waals surface area contributed by atoms with Gasteiger partial charge in [-0.2, -0.15) is 0 Å². The lowest BCUT2D eigenvalue weighted by molar-refractivity contribution is -0.139. The summed E-state index contributed by atoms with van der Waals surface area (Å²) in [5.74, 6) is -0.741. The fourth-order valence-electron chi connectivity index (χ4n) is 1.82. The van der Waals surface area contributed by atoms with Crippen molar-refractivity contribution in [2.24, 2.45) is 0 Å². The molecule has 4 heteroatoms. The molecule has 0 saturated carbocycles. The van der Waals surface area contributed by atoms with Crippen molar-refractivity contribution in [2.75, 3.05) is 20.1 Å². The molecule has 0 bridgehead atoms. The van der Waals surface area contributed by atoms with Gasteiger partial charge in [0, 0.05) is 12.6 Å². The van der Waals surface area contributed by atoms with Crippen LogP contribution in [0.4, 0.5) is 0 Å². The van der Waals surface area contributed by atoms with Gasteiger partial charge in [0.15, 0.2) is 0 Å². The van der Waals surface area contributed by atoms with Crippen molar-refractivity contribution in [1.82, 2.24) is 10.2 Å². The van der Waals surface area contributed by atoms with Gasteiger partial charge in [-0.25, -0.2) is 0 Å². The quantitative estimate of drug-likeness (QED) is 0.617. The molecule has 17 heavy (non-hydrogen) atoms. The first-order chi connectivity index (χ1) is 8.02. The fraction of sp³-hybridized carbons (Fsp3) is 0.923. The van der Waals surface area contributed by atoms with Crippen molar-refractivity contribution in [2.45, 2.75) is 58.5 Å². The number of rotatable bonds is 10. The van der Waals surface area contributed by atoms with Crippen LogP contribution in [-0.2, 0) is 4.79 Å². The molecule has 0 spiro atoms. The van der Waals surface area contributed by atoms with E-state index in [9.17, 15) is 4.79 Å². The van der Waals surface area contributed by atoms with Crippen molar-refractivity contribution in [1.29, 1.82) is 0 Å². The number of carboxylic acids is 1. The zero-order valence-electron chi connectivity index (χ0n) is 11.7. The maximum Gasteiger partial charge on any atom is 0.320 e. The third-order valence-electron chi connectivity index (χ3n) is 3.17. The van der Waals surface area contributed by atoms with Crippen molar-refractivity contribution in [3.63, 3.8) is 0 Å². The minimum Gasteiger partial charge on any atom is -0.480 e. The third-order valence-corrected chi connectivity index (χ3v) is 3.17. The molecular formula is C13H28N2O2. The molecule has 0 radical (unpaired) electrons. The molecule has 2 unspecified atom stereocenters. The average Bonchev–Trinajstić information content (AvgIpc) is 2.28. The number of nitrogens with zero attached hydrogens (tertiary/aromatic N) is 1. The van der Waals surface area contributed by atoms with Crippen molar-refractivity contribution in [3.05, 3.63) is 0 Å². The van der Waals surface area contributed by atoms with Gasteiger partial charge in [-0.15, -0.1) is 0 Å². The second kappa shape index (κ2) is 9.42. The molecule has 0 aromatic heterocycles. The van der Waals surface area contributed by atoms with Crippen molar-refractivity contribution in [3.8, 4) is 0 Å². The van der Waals surface area contributed by atoms with E-state index in [-0.39, 0.29) is 0 Å². The predicted octanol–water partition coefficient (Wildman–Crippen LogP) is 1.95. The standard InChI is InChI=1S/C13H28N2O2/c1-5-7-11(3)15(4)10-8-12(13(16)17)14-9-6-2/h11-12,14H,5-10H2,1-4H3,(H,16,17). The van der Waals surface area contributed by atoms with E-state index in [1.54, 1.807) is 0 Å². The van der Waals surface area contributed by atoms with E-state index in [1.807, 2.05) is 6.92 Å². The number of hydrogen-bond acceptors (Lipinski definition) is 3. The van der Waals surface area contributed by atoms with Crippen LogP contribution in [0.3, 0.4) is 0 Å². The van der Waals surface area contributed by atoms with E-state index in [1.165, 1.54) is 6.42 Å². The molecule has 0 heterocycles. The molecule has 0 amide bonds. The Hall–Kier alpha value is -0.610. The number of aliphatic carboxylic acids is 1. The Kier molecular flexibility index (Phi) is 9.09. The Labute approximate surface area is 105 Å². The first-order valence-corrected chi connectivity index (χ1v) is 6.69. The van der Waals surface area contributed by atoms with Crippen LogP contribution >= 0.6 is 0 Å². The lowest BCUT2D eigenvalue weighted by atomic mass is 10.1. The van der Waals surface area contributed by atoms with Gasteiger partial charge in [0.25, 0.3) is 0 Å². The molecule has 0 saturated heterocycles. The average molecular weight is 244 g/mol. The molecule has 0 aromatic carbocycles.